The van der Waals surface area contributed by atoms with Crippen LogP contribution >= 0.6 is 11.3 Å². The SMILES string of the molecule is COc1ccc2c(OC3CC4C(=O)NC5(C(=O)NS(=O)(=O)C6(C)CC6)CC5C=CCCCCCC(N)C(=O)N4C3)cc(-c3nc(C(C)C)cs3)nc2c1C. The average Bonchev–Trinajstić information content (AvgIpc) is 3.90. The zero-order chi connectivity index (χ0) is 38.6. The number of rotatable bonds is 8. The fourth-order valence-electron chi connectivity index (χ4n) is 7.50. The summed E-state index contributed by atoms with van der Waals surface area (Å²) in [5.74, 6) is -0.630. The van der Waals surface area contributed by atoms with Crippen molar-refractivity contribution in [2.75, 3.05) is 13.7 Å². The Bertz CT molecular complexity index is 2110. The third-order valence-electron chi connectivity index (χ3n) is 11.5. The molecule has 4 N–H and O–H groups in total. The van der Waals surface area contributed by atoms with Gasteiger partial charge in [0.15, 0.2) is 0 Å². The molecule has 0 bridgehead atoms. The minimum atomic E-state index is -3.95. The fraction of sp³-hybridized carbons (Fsp3) is 0.564. The van der Waals surface area contributed by atoms with Crippen molar-refractivity contribution in [3.8, 4) is 22.2 Å². The summed E-state index contributed by atoms with van der Waals surface area (Å²) in [6, 6.07) is 3.76. The van der Waals surface area contributed by atoms with E-state index in [2.05, 4.69) is 23.9 Å². The molecule has 2 aromatic heterocycles. The summed E-state index contributed by atoms with van der Waals surface area (Å²) in [7, 11) is -2.34. The number of pyridine rings is 1. The molecular weight excluding hydrogens is 729 g/mol. The summed E-state index contributed by atoms with van der Waals surface area (Å²) in [5, 5.41) is 6.43. The van der Waals surface area contributed by atoms with Crippen LogP contribution in [0.1, 0.15) is 95.7 Å². The van der Waals surface area contributed by atoms with Crippen molar-refractivity contribution in [2.24, 2.45) is 11.7 Å². The standard InChI is InChI=1S/C39H50N6O7S2/c1-22(2)29-21-53-35(42-29)28-18-32(26-13-14-31(51-5)23(3)33(26)41-28)52-25-17-30-34(46)43-39(37(48)44-54(49,50)38(4)15-16-38)19-24(39)11-9-7-6-8-10-12-27(40)36(47)45(30)20-25/h9,11,13-14,18,21-22,24-25,27,30H,6-8,10,12,15-17,19-20,40H2,1-5H3,(H,43,46)(H,44,48). The van der Waals surface area contributed by atoms with Crippen molar-refractivity contribution in [3.63, 3.8) is 0 Å². The predicted octanol–water partition coefficient (Wildman–Crippen LogP) is 4.87. The van der Waals surface area contributed by atoms with E-state index in [4.69, 9.17) is 25.2 Å². The van der Waals surface area contributed by atoms with Crippen molar-refractivity contribution < 1.29 is 32.3 Å². The third-order valence-corrected chi connectivity index (χ3v) is 14.6. The normalized spacial score (nSPS) is 27.1. The van der Waals surface area contributed by atoms with E-state index in [-0.39, 0.29) is 31.2 Å². The van der Waals surface area contributed by atoms with Gasteiger partial charge in [-0.25, -0.2) is 18.4 Å². The quantitative estimate of drug-likeness (QED) is 0.267. The molecule has 54 heavy (non-hydrogen) atoms. The van der Waals surface area contributed by atoms with Crippen molar-refractivity contribution in [2.45, 2.75) is 120 Å². The molecule has 5 unspecified atom stereocenters. The van der Waals surface area contributed by atoms with E-state index in [0.29, 0.717) is 42.0 Å². The second-order valence-corrected chi connectivity index (χ2v) is 18.9. The number of aryl methyl sites for hydroxylation is 1. The van der Waals surface area contributed by atoms with Gasteiger partial charge < -0.3 is 25.4 Å². The Morgan fingerprint density at radius 2 is 1.93 bits per heavy atom. The monoisotopic (exact) mass is 778 g/mol. The van der Waals surface area contributed by atoms with Crippen LogP contribution in [0.4, 0.5) is 0 Å². The lowest BCUT2D eigenvalue weighted by atomic mass is 10.1. The number of carbonyl (C=O) groups is 3. The molecule has 2 aliphatic heterocycles. The van der Waals surface area contributed by atoms with Crippen LogP contribution in [-0.4, -0.2) is 83.1 Å². The molecule has 4 heterocycles. The number of benzene rings is 1. The summed E-state index contributed by atoms with van der Waals surface area (Å²) in [6.45, 7) is 7.80. The highest BCUT2D eigenvalue weighted by molar-refractivity contribution is 7.91. The molecule has 1 saturated heterocycles. The first-order chi connectivity index (χ1) is 25.7. The van der Waals surface area contributed by atoms with Gasteiger partial charge in [-0.15, -0.1) is 11.3 Å². The first kappa shape index (κ1) is 38.2. The number of fused-ring (bicyclic) bond motifs is 3. The molecule has 2 aliphatic carbocycles. The Morgan fingerprint density at radius 1 is 1.15 bits per heavy atom. The lowest BCUT2D eigenvalue weighted by Gasteiger charge is -2.28. The molecule has 0 spiro atoms. The van der Waals surface area contributed by atoms with Crippen LogP contribution in [-0.2, 0) is 24.4 Å². The van der Waals surface area contributed by atoms with Gasteiger partial charge in [-0.05, 0) is 70.4 Å². The summed E-state index contributed by atoms with van der Waals surface area (Å²) in [6.07, 6.45) is 8.28. The molecule has 7 rings (SSSR count). The maximum Gasteiger partial charge on any atom is 0.259 e. The smallest absolute Gasteiger partial charge is 0.259 e. The maximum absolute atomic E-state index is 14.3. The second kappa shape index (κ2) is 14.5. The van der Waals surface area contributed by atoms with Crippen molar-refractivity contribution in [1.82, 2.24) is 24.9 Å². The number of allylic oxidation sites excluding steroid dienone is 1. The fourth-order valence-corrected chi connectivity index (χ4v) is 9.75. The summed E-state index contributed by atoms with van der Waals surface area (Å²) in [5.41, 5.74) is 8.12. The topological polar surface area (TPSA) is 183 Å². The van der Waals surface area contributed by atoms with Crippen LogP contribution in [0.3, 0.4) is 0 Å². The molecule has 13 nitrogen and oxygen atoms in total. The Kier molecular flexibility index (Phi) is 10.3. The lowest BCUT2D eigenvalue weighted by molar-refractivity contribution is -0.140. The van der Waals surface area contributed by atoms with Crippen molar-refractivity contribution in [1.29, 1.82) is 0 Å². The Labute approximate surface area is 320 Å². The molecule has 3 amide bonds. The van der Waals surface area contributed by atoms with Crippen molar-refractivity contribution >= 4 is 50.0 Å². The molecule has 3 fully saturated rings. The lowest BCUT2D eigenvalue weighted by Crippen LogP contribution is -2.58. The molecule has 4 aliphatic rings. The van der Waals surface area contributed by atoms with Crippen LogP contribution in [0.25, 0.3) is 21.6 Å². The zero-order valence-corrected chi connectivity index (χ0v) is 33.1. The highest BCUT2D eigenvalue weighted by Crippen LogP contribution is 2.48. The van der Waals surface area contributed by atoms with Crippen LogP contribution < -0.4 is 25.2 Å². The van der Waals surface area contributed by atoms with Gasteiger partial charge in [0.2, 0.25) is 21.8 Å². The van der Waals surface area contributed by atoms with Gasteiger partial charge in [-0.2, -0.15) is 0 Å². The number of ether oxygens (including phenoxy) is 2. The number of sulfonamides is 1. The third kappa shape index (κ3) is 7.22. The van der Waals surface area contributed by atoms with E-state index in [1.807, 2.05) is 42.7 Å². The van der Waals surface area contributed by atoms with E-state index in [0.717, 1.165) is 47.3 Å². The molecule has 290 valence electrons. The van der Waals surface area contributed by atoms with E-state index in [1.165, 1.54) is 16.2 Å². The van der Waals surface area contributed by atoms with Gasteiger partial charge in [0.1, 0.15) is 39.9 Å². The second-order valence-electron chi connectivity index (χ2n) is 15.8. The number of hydrogen-bond donors (Lipinski definition) is 3. The summed E-state index contributed by atoms with van der Waals surface area (Å²) >= 11 is 1.50. The zero-order valence-electron chi connectivity index (χ0n) is 31.5. The molecule has 3 aromatic rings. The first-order valence-electron chi connectivity index (χ1n) is 18.9. The number of nitrogens with zero attached hydrogens (tertiary/aromatic N) is 3. The number of methoxy groups -OCH3 is 1. The van der Waals surface area contributed by atoms with Crippen LogP contribution in [0.5, 0.6) is 11.5 Å². The largest absolute Gasteiger partial charge is 0.496 e. The Balaban J connectivity index is 1.21. The number of aromatic nitrogens is 2. The highest BCUT2D eigenvalue weighted by Gasteiger charge is 2.63. The first-order valence-corrected chi connectivity index (χ1v) is 21.2. The number of carbonyl (C=O) groups excluding carboxylic acids is 3. The number of amides is 3. The Hall–Kier alpha value is -4.08. The maximum atomic E-state index is 14.3. The molecule has 2 saturated carbocycles. The van der Waals surface area contributed by atoms with Gasteiger partial charge in [0.25, 0.3) is 5.91 Å². The molecule has 15 heteroatoms. The van der Waals surface area contributed by atoms with E-state index < -0.39 is 56.2 Å². The number of nitrogens with two attached hydrogens (primary N) is 1. The Morgan fingerprint density at radius 3 is 2.63 bits per heavy atom. The summed E-state index contributed by atoms with van der Waals surface area (Å²) in [4.78, 5) is 53.5. The minimum absolute atomic E-state index is 0.0862. The molecule has 0 radical (unpaired) electrons. The number of hydrogen-bond acceptors (Lipinski definition) is 11. The molecular formula is C39H50N6O7S2. The minimum Gasteiger partial charge on any atom is -0.496 e. The van der Waals surface area contributed by atoms with E-state index >= 15 is 0 Å². The van der Waals surface area contributed by atoms with E-state index in [1.54, 1.807) is 14.0 Å². The van der Waals surface area contributed by atoms with Crippen LogP contribution in [0.2, 0.25) is 0 Å². The average molecular weight is 779 g/mol. The van der Waals surface area contributed by atoms with Crippen molar-refractivity contribution in [3.05, 3.63) is 47.0 Å². The van der Waals surface area contributed by atoms with Gasteiger partial charge in [-0.1, -0.05) is 38.8 Å². The van der Waals surface area contributed by atoms with Gasteiger partial charge in [0.05, 0.1) is 35.7 Å². The van der Waals surface area contributed by atoms with Crippen LogP contribution in [0.15, 0.2) is 35.7 Å². The van der Waals surface area contributed by atoms with E-state index in [9.17, 15) is 22.8 Å². The van der Waals surface area contributed by atoms with Gasteiger partial charge in [0, 0.05) is 34.7 Å². The predicted molar refractivity (Wildman–Crippen MR) is 207 cm³/mol. The molecule has 1 aromatic carbocycles. The number of thiazole rings is 1. The molecule has 5 atom stereocenters. The van der Waals surface area contributed by atoms with Crippen LogP contribution in [0, 0.1) is 12.8 Å². The highest BCUT2D eigenvalue weighted by atomic mass is 32.2. The number of nitrogens with one attached hydrogen (secondary N) is 2. The van der Waals surface area contributed by atoms with Gasteiger partial charge in [-0.3, -0.25) is 19.1 Å². The van der Waals surface area contributed by atoms with Gasteiger partial charge >= 0.3 is 0 Å². The summed E-state index contributed by atoms with van der Waals surface area (Å²) < 4.78 is 39.9.